The Labute approximate surface area is 145 Å². The predicted molar refractivity (Wildman–Crippen MR) is 91.5 cm³/mol. The molecule has 2 heterocycles. The molecule has 0 aliphatic carbocycles. The van der Waals surface area contributed by atoms with Crippen molar-refractivity contribution in [3.8, 4) is 11.5 Å². The third kappa shape index (κ3) is 3.62. The Kier molecular flexibility index (Phi) is 5.20. The Morgan fingerprint density at radius 1 is 1.33 bits per heavy atom. The van der Waals surface area contributed by atoms with Crippen LogP contribution in [0.5, 0.6) is 11.5 Å². The average molecular weight is 345 g/mol. The molecule has 0 atom stereocenters. The maximum absolute atomic E-state index is 12.5. The fourth-order valence-corrected chi connectivity index (χ4v) is 2.80. The number of amides is 1. The molecule has 2 aromatic rings. The van der Waals surface area contributed by atoms with E-state index in [0.29, 0.717) is 23.0 Å². The number of carbonyl (C=O) groups excluding carboxylic acids is 1. The van der Waals surface area contributed by atoms with E-state index in [-0.39, 0.29) is 12.7 Å². The van der Waals surface area contributed by atoms with Crippen LogP contribution in [-0.2, 0) is 13.0 Å². The van der Waals surface area contributed by atoms with Gasteiger partial charge in [-0.3, -0.25) is 4.79 Å². The molecule has 0 saturated carbocycles. The third-order valence-corrected chi connectivity index (χ3v) is 4.21. The van der Waals surface area contributed by atoms with Crippen LogP contribution in [-0.4, -0.2) is 28.9 Å². The first kappa shape index (κ1) is 16.6. The minimum Gasteiger partial charge on any atom is -0.454 e. The first-order valence-corrected chi connectivity index (χ1v) is 9.00. The first-order chi connectivity index (χ1) is 11.7. The summed E-state index contributed by atoms with van der Waals surface area (Å²) < 4.78 is 10.6. The molecule has 0 spiro atoms. The Bertz CT molecular complexity index is 752. The molecular formula is C17H19N3O3S. The minimum absolute atomic E-state index is 0.163. The number of nitrogens with one attached hydrogen (secondary N) is 1. The lowest BCUT2D eigenvalue weighted by Gasteiger charge is -2.10. The molecule has 1 N–H and O–H groups in total. The quantitative estimate of drug-likeness (QED) is 0.641. The summed E-state index contributed by atoms with van der Waals surface area (Å²) in [5, 5.41) is 3.61. The predicted octanol–water partition coefficient (Wildman–Crippen LogP) is 2.81. The van der Waals surface area contributed by atoms with Crippen LogP contribution >= 0.6 is 11.8 Å². The molecule has 1 aromatic carbocycles. The van der Waals surface area contributed by atoms with Gasteiger partial charge in [-0.05, 0) is 30.4 Å². The number of fused-ring (bicyclic) bond motifs is 1. The fraction of sp³-hybridized carbons (Fsp3) is 0.353. The van der Waals surface area contributed by atoms with E-state index in [1.54, 1.807) is 6.20 Å². The molecule has 0 unspecified atom stereocenters. The van der Waals surface area contributed by atoms with Gasteiger partial charge >= 0.3 is 0 Å². The highest BCUT2D eigenvalue weighted by Gasteiger charge is 2.16. The number of benzene rings is 1. The van der Waals surface area contributed by atoms with Crippen LogP contribution in [0.3, 0.4) is 0 Å². The smallest absolute Gasteiger partial charge is 0.254 e. The van der Waals surface area contributed by atoms with Gasteiger partial charge in [-0.1, -0.05) is 31.2 Å². The molecule has 7 heteroatoms. The van der Waals surface area contributed by atoms with Crippen molar-refractivity contribution in [1.29, 1.82) is 0 Å². The van der Waals surface area contributed by atoms with Crippen LogP contribution in [0.15, 0.2) is 29.6 Å². The summed E-state index contributed by atoms with van der Waals surface area (Å²) in [6.45, 7) is 2.71. The number of nitrogens with zero attached hydrogens (tertiary/aromatic N) is 2. The van der Waals surface area contributed by atoms with Crippen LogP contribution in [0.2, 0.25) is 0 Å². The van der Waals surface area contributed by atoms with Crippen molar-refractivity contribution < 1.29 is 14.3 Å². The van der Waals surface area contributed by atoms with Crippen molar-refractivity contribution in [2.45, 2.75) is 31.5 Å². The van der Waals surface area contributed by atoms with Crippen LogP contribution in [0.25, 0.3) is 0 Å². The van der Waals surface area contributed by atoms with Gasteiger partial charge in [0.1, 0.15) is 0 Å². The lowest BCUT2D eigenvalue weighted by molar-refractivity contribution is 0.0948. The molecule has 0 saturated heterocycles. The zero-order valence-corrected chi connectivity index (χ0v) is 14.5. The van der Waals surface area contributed by atoms with Crippen LogP contribution in [0.1, 0.15) is 35.0 Å². The summed E-state index contributed by atoms with van der Waals surface area (Å²) in [6, 6.07) is 5.64. The molecule has 1 amide bonds. The second-order valence-corrected chi connectivity index (χ2v) is 6.11. The van der Waals surface area contributed by atoms with E-state index in [1.807, 2.05) is 24.5 Å². The monoisotopic (exact) mass is 345 g/mol. The largest absolute Gasteiger partial charge is 0.454 e. The maximum Gasteiger partial charge on any atom is 0.254 e. The number of carbonyl (C=O) groups is 1. The topological polar surface area (TPSA) is 73.3 Å². The molecule has 0 radical (unpaired) electrons. The van der Waals surface area contributed by atoms with Gasteiger partial charge in [0.15, 0.2) is 16.7 Å². The van der Waals surface area contributed by atoms with Gasteiger partial charge in [-0.25, -0.2) is 9.97 Å². The number of aryl methyl sites for hydroxylation is 1. The molecule has 1 aliphatic rings. The summed E-state index contributed by atoms with van der Waals surface area (Å²) in [4.78, 5) is 21.2. The zero-order valence-electron chi connectivity index (χ0n) is 13.7. The van der Waals surface area contributed by atoms with E-state index in [2.05, 4.69) is 22.2 Å². The molecule has 1 aliphatic heterocycles. The van der Waals surface area contributed by atoms with Crippen molar-refractivity contribution in [2.75, 3.05) is 13.0 Å². The number of ether oxygens (including phenoxy) is 2. The van der Waals surface area contributed by atoms with Gasteiger partial charge in [-0.2, -0.15) is 0 Å². The Morgan fingerprint density at radius 2 is 2.17 bits per heavy atom. The highest BCUT2D eigenvalue weighted by Crippen LogP contribution is 2.32. The van der Waals surface area contributed by atoms with Gasteiger partial charge in [0.25, 0.3) is 5.91 Å². The van der Waals surface area contributed by atoms with E-state index in [9.17, 15) is 4.79 Å². The number of rotatable bonds is 6. The van der Waals surface area contributed by atoms with Crippen molar-refractivity contribution in [3.05, 3.63) is 41.2 Å². The summed E-state index contributed by atoms with van der Waals surface area (Å²) >= 11 is 1.47. The Balaban J connectivity index is 1.70. The molecule has 24 heavy (non-hydrogen) atoms. The van der Waals surface area contributed by atoms with Gasteiger partial charge in [0.2, 0.25) is 6.79 Å². The van der Waals surface area contributed by atoms with Gasteiger partial charge in [0.05, 0.1) is 11.3 Å². The number of thioether (sulfide) groups is 1. The molecule has 6 nitrogen and oxygen atoms in total. The highest BCUT2D eigenvalue weighted by atomic mass is 32.2. The molecule has 3 rings (SSSR count). The number of aromatic nitrogens is 2. The minimum atomic E-state index is -0.163. The first-order valence-electron chi connectivity index (χ1n) is 7.78. The number of hydrogen-bond donors (Lipinski definition) is 1. The lowest BCUT2D eigenvalue weighted by Crippen LogP contribution is -2.25. The van der Waals surface area contributed by atoms with Crippen LogP contribution < -0.4 is 14.8 Å². The SMILES string of the molecule is CCCc1nc(SC)ncc1C(=O)NCc1ccc2c(c1)OCO2. The highest BCUT2D eigenvalue weighted by molar-refractivity contribution is 7.98. The average Bonchev–Trinajstić information content (AvgIpc) is 3.07. The second kappa shape index (κ2) is 7.53. The van der Waals surface area contributed by atoms with E-state index >= 15 is 0 Å². The maximum atomic E-state index is 12.5. The summed E-state index contributed by atoms with van der Waals surface area (Å²) in [6.07, 6.45) is 5.21. The molecule has 126 valence electrons. The van der Waals surface area contributed by atoms with Gasteiger partial charge in [-0.15, -0.1) is 0 Å². The molecular weight excluding hydrogens is 326 g/mol. The van der Waals surface area contributed by atoms with E-state index in [4.69, 9.17) is 9.47 Å². The molecule has 1 aromatic heterocycles. The fourth-order valence-electron chi connectivity index (χ4n) is 2.44. The zero-order chi connectivity index (χ0) is 16.9. The third-order valence-electron chi connectivity index (χ3n) is 3.65. The van der Waals surface area contributed by atoms with E-state index in [0.717, 1.165) is 29.8 Å². The van der Waals surface area contributed by atoms with Crippen LogP contribution in [0.4, 0.5) is 0 Å². The number of hydrogen-bond acceptors (Lipinski definition) is 6. The van der Waals surface area contributed by atoms with Crippen LogP contribution in [0, 0.1) is 0 Å². The molecule has 0 fully saturated rings. The Hall–Kier alpha value is -2.28. The van der Waals surface area contributed by atoms with Crippen molar-refractivity contribution in [3.63, 3.8) is 0 Å². The van der Waals surface area contributed by atoms with Gasteiger partial charge < -0.3 is 14.8 Å². The molecule has 0 bridgehead atoms. The van der Waals surface area contributed by atoms with E-state index in [1.165, 1.54) is 11.8 Å². The van der Waals surface area contributed by atoms with Crippen molar-refractivity contribution >= 4 is 17.7 Å². The normalized spacial score (nSPS) is 12.2. The summed E-state index contributed by atoms with van der Waals surface area (Å²) in [5.41, 5.74) is 2.28. The summed E-state index contributed by atoms with van der Waals surface area (Å²) in [5.74, 6) is 1.28. The van der Waals surface area contributed by atoms with Crippen molar-refractivity contribution in [1.82, 2.24) is 15.3 Å². The standard InChI is InChI=1S/C17H19N3O3S/c1-3-4-13-12(9-19-17(20-13)24-2)16(21)18-8-11-5-6-14-15(7-11)23-10-22-14/h5-7,9H,3-4,8,10H2,1-2H3,(H,18,21). The Morgan fingerprint density at radius 3 is 2.96 bits per heavy atom. The van der Waals surface area contributed by atoms with Crippen molar-refractivity contribution in [2.24, 2.45) is 0 Å². The lowest BCUT2D eigenvalue weighted by atomic mass is 10.1. The van der Waals surface area contributed by atoms with E-state index < -0.39 is 0 Å². The second-order valence-electron chi connectivity index (χ2n) is 5.34. The summed E-state index contributed by atoms with van der Waals surface area (Å²) in [7, 11) is 0. The van der Waals surface area contributed by atoms with Gasteiger partial charge in [0, 0.05) is 12.7 Å².